The van der Waals surface area contributed by atoms with Crippen molar-refractivity contribution in [3.8, 4) is 5.75 Å². The smallest absolute Gasteiger partial charge is 0.261 e. The number of anilines is 1. The fourth-order valence-electron chi connectivity index (χ4n) is 3.68. The van der Waals surface area contributed by atoms with Crippen LogP contribution in [0.4, 0.5) is 5.69 Å². The van der Waals surface area contributed by atoms with E-state index in [1.165, 1.54) is 10.9 Å². The highest BCUT2D eigenvalue weighted by Gasteiger charge is 2.11. The SMILES string of the molecule is O=C(Nc1ccc(OCc2ccccc2)cc1)c1ccc2c(=O)n(Cc3cccnc3)cnc2c1. The van der Waals surface area contributed by atoms with Crippen molar-refractivity contribution in [3.05, 3.63) is 131 Å². The number of rotatable bonds is 7. The molecule has 7 heteroatoms. The highest BCUT2D eigenvalue weighted by atomic mass is 16.5. The number of aromatic nitrogens is 3. The van der Waals surface area contributed by atoms with E-state index in [1.807, 2.05) is 54.6 Å². The van der Waals surface area contributed by atoms with Gasteiger partial charge in [0.25, 0.3) is 11.5 Å². The number of nitrogens with zero attached hydrogens (tertiary/aromatic N) is 3. The number of benzene rings is 3. The van der Waals surface area contributed by atoms with Crippen molar-refractivity contribution in [2.24, 2.45) is 0 Å². The first kappa shape index (κ1) is 22.0. The van der Waals surface area contributed by atoms with Gasteiger partial charge in [-0.2, -0.15) is 0 Å². The molecule has 0 spiro atoms. The van der Waals surface area contributed by atoms with Crippen molar-refractivity contribution in [1.82, 2.24) is 14.5 Å². The van der Waals surface area contributed by atoms with Gasteiger partial charge in [0, 0.05) is 23.6 Å². The monoisotopic (exact) mass is 462 g/mol. The Kier molecular flexibility index (Phi) is 6.30. The standard InChI is InChI=1S/C28H22N4O3/c33-27(31-23-9-11-24(12-10-23)35-18-20-5-2-1-3-6-20)22-8-13-25-26(15-22)30-19-32(28(25)34)17-21-7-4-14-29-16-21/h1-16,19H,17-18H2,(H,31,33). The summed E-state index contributed by atoms with van der Waals surface area (Å²) in [7, 11) is 0. The maximum absolute atomic E-state index is 12.9. The number of ether oxygens (including phenoxy) is 1. The minimum atomic E-state index is -0.286. The highest BCUT2D eigenvalue weighted by molar-refractivity contribution is 6.06. The summed E-state index contributed by atoms with van der Waals surface area (Å²) in [5.41, 5.74) is 3.34. The van der Waals surface area contributed by atoms with Crippen LogP contribution in [0.15, 0.2) is 108 Å². The minimum Gasteiger partial charge on any atom is -0.489 e. The lowest BCUT2D eigenvalue weighted by Gasteiger charge is -2.10. The Morgan fingerprint density at radius 3 is 2.49 bits per heavy atom. The lowest BCUT2D eigenvalue weighted by molar-refractivity contribution is 0.102. The van der Waals surface area contributed by atoms with Crippen molar-refractivity contribution in [2.75, 3.05) is 5.32 Å². The van der Waals surface area contributed by atoms with Crippen LogP contribution in [-0.4, -0.2) is 20.4 Å². The molecule has 0 bridgehead atoms. The molecule has 0 aliphatic heterocycles. The van der Waals surface area contributed by atoms with E-state index in [2.05, 4.69) is 15.3 Å². The molecule has 2 aromatic heterocycles. The number of nitrogens with one attached hydrogen (secondary N) is 1. The number of carbonyl (C=O) groups is 1. The number of fused-ring (bicyclic) bond motifs is 1. The van der Waals surface area contributed by atoms with E-state index >= 15 is 0 Å². The molecular weight excluding hydrogens is 440 g/mol. The zero-order chi connectivity index (χ0) is 24.0. The quantitative estimate of drug-likeness (QED) is 0.380. The number of pyridine rings is 1. The van der Waals surface area contributed by atoms with Gasteiger partial charge in [-0.25, -0.2) is 4.98 Å². The molecule has 0 atom stereocenters. The lowest BCUT2D eigenvalue weighted by atomic mass is 10.1. The summed E-state index contributed by atoms with van der Waals surface area (Å²) in [5.74, 6) is 0.426. The summed E-state index contributed by atoms with van der Waals surface area (Å²) < 4.78 is 7.32. The molecule has 5 rings (SSSR count). The Balaban J connectivity index is 1.26. The zero-order valence-electron chi connectivity index (χ0n) is 18.8. The normalized spacial score (nSPS) is 10.7. The largest absolute Gasteiger partial charge is 0.489 e. The number of hydrogen-bond acceptors (Lipinski definition) is 5. The van der Waals surface area contributed by atoms with Crippen LogP contribution in [0.5, 0.6) is 5.75 Å². The van der Waals surface area contributed by atoms with Gasteiger partial charge in [-0.05, 0) is 59.7 Å². The maximum Gasteiger partial charge on any atom is 0.261 e. The molecule has 0 unspecified atom stereocenters. The molecule has 1 N–H and O–H groups in total. The number of amides is 1. The third-order valence-corrected chi connectivity index (χ3v) is 5.52. The van der Waals surface area contributed by atoms with Crippen molar-refractivity contribution in [1.29, 1.82) is 0 Å². The Bertz CT molecular complexity index is 1520. The van der Waals surface area contributed by atoms with Crippen LogP contribution < -0.4 is 15.6 Å². The molecule has 0 fully saturated rings. The van der Waals surface area contributed by atoms with Crippen molar-refractivity contribution in [3.63, 3.8) is 0 Å². The summed E-state index contributed by atoms with van der Waals surface area (Å²) in [6.07, 6.45) is 4.89. The van der Waals surface area contributed by atoms with Crippen LogP contribution in [-0.2, 0) is 13.2 Å². The maximum atomic E-state index is 12.9. The predicted molar refractivity (Wildman–Crippen MR) is 135 cm³/mol. The third-order valence-electron chi connectivity index (χ3n) is 5.52. The third kappa shape index (κ3) is 5.25. The summed E-state index contributed by atoms with van der Waals surface area (Å²) in [5, 5.41) is 3.32. The van der Waals surface area contributed by atoms with Gasteiger partial charge in [-0.1, -0.05) is 36.4 Å². The van der Waals surface area contributed by atoms with Gasteiger partial charge < -0.3 is 10.1 Å². The first-order chi connectivity index (χ1) is 17.2. The minimum absolute atomic E-state index is 0.170. The first-order valence-electron chi connectivity index (χ1n) is 11.1. The molecule has 0 aliphatic carbocycles. The average Bonchev–Trinajstić information content (AvgIpc) is 2.91. The van der Waals surface area contributed by atoms with Gasteiger partial charge in [0.2, 0.25) is 0 Å². The first-order valence-corrected chi connectivity index (χ1v) is 11.1. The molecule has 0 saturated heterocycles. The molecule has 2 heterocycles. The van der Waals surface area contributed by atoms with Crippen LogP contribution in [0.3, 0.4) is 0 Å². The molecular formula is C28H22N4O3. The molecule has 1 amide bonds. The van der Waals surface area contributed by atoms with Gasteiger partial charge in [0.15, 0.2) is 0 Å². The Morgan fingerprint density at radius 1 is 0.914 bits per heavy atom. The van der Waals surface area contributed by atoms with Crippen LogP contribution in [0, 0.1) is 0 Å². The second kappa shape index (κ2) is 10.0. The van der Waals surface area contributed by atoms with Crippen LogP contribution in [0.1, 0.15) is 21.5 Å². The van der Waals surface area contributed by atoms with Gasteiger partial charge in [-0.15, -0.1) is 0 Å². The molecule has 172 valence electrons. The molecule has 7 nitrogen and oxygen atoms in total. The summed E-state index contributed by atoms with van der Waals surface area (Å²) in [6, 6.07) is 25.7. The van der Waals surface area contributed by atoms with Crippen molar-refractivity contribution < 1.29 is 9.53 Å². The number of carbonyl (C=O) groups excluding carboxylic acids is 1. The Morgan fingerprint density at radius 2 is 1.71 bits per heavy atom. The number of hydrogen-bond donors (Lipinski definition) is 1. The highest BCUT2D eigenvalue weighted by Crippen LogP contribution is 2.19. The molecule has 3 aromatic carbocycles. The summed E-state index contributed by atoms with van der Waals surface area (Å²) >= 11 is 0. The Hall–Kier alpha value is -4.78. The Labute approximate surface area is 201 Å². The second-order valence-corrected chi connectivity index (χ2v) is 8.02. The molecule has 0 radical (unpaired) electrons. The zero-order valence-corrected chi connectivity index (χ0v) is 18.8. The fraction of sp³-hybridized carbons (Fsp3) is 0.0714. The average molecular weight is 463 g/mol. The predicted octanol–water partition coefficient (Wildman–Crippen LogP) is 4.67. The van der Waals surface area contributed by atoms with Crippen LogP contribution in [0.2, 0.25) is 0 Å². The molecule has 35 heavy (non-hydrogen) atoms. The van der Waals surface area contributed by atoms with E-state index in [9.17, 15) is 9.59 Å². The van der Waals surface area contributed by atoms with Crippen molar-refractivity contribution >= 4 is 22.5 Å². The van der Waals surface area contributed by atoms with E-state index in [0.717, 1.165) is 11.1 Å². The van der Waals surface area contributed by atoms with Crippen LogP contribution >= 0.6 is 0 Å². The van der Waals surface area contributed by atoms with E-state index in [0.29, 0.717) is 41.1 Å². The molecule has 0 aliphatic rings. The molecule has 0 saturated carbocycles. The summed E-state index contributed by atoms with van der Waals surface area (Å²) in [4.78, 5) is 34.1. The van der Waals surface area contributed by atoms with E-state index in [-0.39, 0.29) is 11.5 Å². The molecule has 5 aromatic rings. The lowest BCUT2D eigenvalue weighted by Crippen LogP contribution is -2.21. The van der Waals surface area contributed by atoms with Gasteiger partial charge in [-0.3, -0.25) is 19.1 Å². The van der Waals surface area contributed by atoms with E-state index < -0.39 is 0 Å². The topological polar surface area (TPSA) is 86.1 Å². The van der Waals surface area contributed by atoms with E-state index in [4.69, 9.17) is 4.74 Å². The summed E-state index contributed by atoms with van der Waals surface area (Å²) in [6.45, 7) is 0.851. The van der Waals surface area contributed by atoms with Gasteiger partial charge >= 0.3 is 0 Å². The van der Waals surface area contributed by atoms with Crippen molar-refractivity contribution in [2.45, 2.75) is 13.2 Å². The fourth-order valence-corrected chi connectivity index (χ4v) is 3.68. The van der Waals surface area contributed by atoms with Gasteiger partial charge in [0.1, 0.15) is 12.4 Å². The van der Waals surface area contributed by atoms with Gasteiger partial charge in [0.05, 0.1) is 23.8 Å². The second-order valence-electron chi connectivity index (χ2n) is 8.02. The van der Waals surface area contributed by atoms with Crippen LogP contribution in [0.25, 0.3) is 10.9 Å². The van der Waals surface area contributed by atoms with E-state index in [1.54, 1.807) is 42.7 Å².